The fraction of sp³-hybridized carbons (Fsp3) is 0.625. The summed E-state index contributed by atoms with van der Waals surface area (Å²) in [5, 5.41) is 4.23. The molecule has 1 aromatic carbocycles. The lowest BCUT2D eigenvalue weighted by molar-refractivity contribution is 0.170. The number of piperazine rings is 1. The Labute approximate surface area is 127 Å². The Morgan fingerprint density at radius 1 is 1.25 bits per heavy atom. The first-order chi connectivity index (χ1) is 9.52. The van der Waals surface area contributed by atoms with E-state index in [-0.39, 0.29) is 0 Å². The van der Waals surface area contributed by atoms with Crippen LogP contribution in [0, 0.1) is 0 Å². The van der Waals surface area contributed by atoms with E-state index in [2.05, 4.69) is 55.1 Å². The predicted molar refractivity (Wildman–Crippen MR) is 87.7 cm³/mol. The molecule has 1 aliphatic rings. The van der Waals surface area contributed by atoms with Crippen molar-refractivity contribution in [3.8, 4) is 0 Å². The van der Waals surface area contributed by atoms with Gasteiger partial charge >= 0.3 is 0 Å². The minimum Gasteiger partial charge on any atom is -0.368 e. The number of likely N-dealkylation sites (N-methyl/N-ethyl adjacent to an activating group) is 1. The molecule has 0 spiro atoms. The van der Waals surface area contributed by atoms with E-state index in [9.17, 15) is 0 Å². The van der Waals surface area contributed by atoms with E-state index >= 15 is 0 Å². The van der Waals surface area contributed by atoms with Crippen LogP contribution in [0.25, 0.3) is 0 Å². The third-order valence-corrected chi connectivity index (χ3v) is 4.55. The van der Waals surface area contributed by atoms with Crippen molar-refractivity contribution in [3.05, 3.63) is 28.8 Å². The summed E-state index contributed by atoms with van der Waals surface area (Å²) < 4.78 is 0. The van der Waals surface area contributed by atoms with Gasteiger partial charge in [0.2, 0.25) is 0 Å². The van der Waals surface area contributed by atoms with Crippen LogP contribution in [0.4, 0.5) is 5.69 Å². The molecule has 3 nitrogen and oxygen atoms in total. The van der Waals surface area contributed by atoms with Crippen molar-refractivity contribution < 1.29 is 0 Å². The van der Waals surface area contributed by atoms with E-state index < -0.39 is 0 Å². The van der Waals surface area contributed by atoms with Crippen LogP contribution < -0.4 is 10.2 Å². The molecule has 112 valence electrons. The van der Waals surface area contributed by atoms with Gasteiger partial charge in [-0.25, -0.2) is 0 Å². The second-order valence-electron chi connectivity index (χ2n) is 5.82. The summed E-state index contributed by atoms with van der Waals surface area (Å²) in [7, 11) is 2.21. The number of rotatable bonds is 4. The van der Waals surface area contributed by atoms with Crippen LogP contribution >= 0.6 is 11.6 Å². The van der Waals surface area contributed by atoms with Gasteiger partial charge in [-0.2, -0.15) is 0 Å². The molecular formula is C16H26ClN3. The summed E-state index contributed by atoms with van der Waals surface area (Å²) in [6.07, 6.45) is 0. The van der Waals surface area contributed by atoms with Gasteiger partial charge in [0.1, 0.15) is 0 Å². The van der Waals surface area contributed by atoms with Crippen molar-refractivity contribution in [2.45, 2.75) is 39.4 Å². The molecule has 1 heterocycles. The summed E-state index contributed by atoms with van der Waals surface area (Å²) in [5.41, 5.74) is 2.62. The van der Waals surface area contributed by atoms with E-state index in [1.165, 1.54) is 11.3 Å². The lowest BCUT2D eigenvalue weighted by Gasteiger charge is -2.44. The first kappa shape index (κ1) is 15.6. The highest BCUT2D eigenvalue weighted by Gasteiger charge is 2.27. The molecular weight excluding hydrogens is 270 g/mol. The maximum Gasteiger partial charge on any atom is 0.0427 e. The van der Waals surface area contributed by atoms with E-state index in [1.54, 1.807) is 0 Å². The standard InChI is InChI=1S/C16H26ClN3/c1-5-18-9-14-6-7-15(17)8-16(14)20-10-12(2)19(4)13(3)11-20/h6-8,12-13,18H,5,9-11H2,1-4H3. The van der Waals surface area contributed by atoms with Gasteiger partial charge in [0, 0.05) is 42.4 Å². The Morgan fingerprint density at radius 2 is 1.90 bits per heavy atom. The van der Waals surface area contributed by atoms with E-state index in [4.69, 9.17) is 11.6 Å². The molecule has 1 N–H and O–H groups in total. The molecule has 20 heavy (non-hydrogen) atoms. The van der Waals surface area contributed by atoms with Gasteiger partial charge in [-0.1, -0.05) is 24.6 Å². The molecule has 1 saturated heterocycles. The SMILES string of the molecule is CCNCc1ccc(Cl)cc1N1CC(C)N(C)C(C)C1. The molecule has 4 heteroatoms. The minimum atomic E-state index is 0.560. The number of anilines is 1. The second kappa shape index (κ2) is 6.79. The van der Waals surface area contributed by atoms with Crippen LogP contribution in [-0.2, 0) is 6.54 Å². The normalized spacial score (nSPS) is 24.1. The first-order valence-corrected chi connectivity index (χ1v) is 7.86. The Hall–Kier alpha value is -0.770. The fourth-order valence-corrected chi connectivity index (χ4v) is 3.01. The lowest BCUT2D eigenvalue weighted by Crippen LogP contribution is -2.55. The molecule has 0 radical (unpaired) electrons. The number of halogens is 1. The highest BCUT2D eigenvalue weighted by atomic mass is 35.5. The van der Waals surface area contributed by atoms with Crippen molar-refractivity contribution in [1.82, 2.24) is 10.2 Å². The van der Waals surface area contributed by atoms with E-state index in [0.29, 0.717) is 12.1 Å². The van der Waals surface area contributed by atoms with Crippen molar-refractivity contribution in [2.24, 2.45) is 0 Å². The molecule has 0 aromatic heterocycles. The van der Waals surface area contributed by atoms with Crippen molar-refractivity contribution in [3.63, 3.8) is 0 Å². The van der Waals surface area contributed by atoms with Gasteiger partial charge in [-0.05, 0) is 45.1 Å². The average Bonchev–Trinajstić information content (AvgIpc) is 2.43. The number of nitrogens with one attached hydrogen (secondary N) is 1. The number of hydrogen-bond acceptors (Lipinski definition) is 3. The van der Waals surface area contributed by atoms with Gasteiger partial charge in [-0.3, -0.25) is 4.90 Å². The van der Waals surface area contributed by atoms with Gasteiger partial charge < -0.3 is 10.2 Å². The minimum absolute atomic E-state index is 0.560. The van der Waals surface area contributed by atoms with Crippen molar-refractivity contribution in [1.29, 1.82) is 0 Å². The molecule has 2 rings (SSSR count). The third-order valence-electron chi connectivity index (χ3n) is 4.31. The van der Waals surface area contributed by atoms with Gasteiger partial charge in [-0.15, -0.1) is 0 Å². The highest BCUT2D eigenvalue weighted by Crippen LogP contribution is 2.28. The Bertz CT molecular complexity index is 437. The highest BCUT2D eigenvalue weighted by molar-refractivity contribution is 6.30. The van der Waals surface area contributed by atoms with E-state index in [1.807, 2.05) is 6.07 Å². The summed E-state index contributed by atoms with van der Waals surface area (Å²) in [6.45, 7) is 10.7. The van der Waals surface area contributed by atoms with Crippen LogP contribution in [0.5, 0.6) is 0 Å². The van der Waals surface area contributed by atoms with Gasteiger partial charge in [0.05, 0.1) is 0 Å². The zero-order chi connectivity index (χ0) is 14.7. The molecule has 1 fully saturated rings. The molecule has 2 unspecified atom stereocenters. The molecule has 0 saturated carbocycles. The third kappa shape index (κ3) is 3.46. The maximum atomic E-state index is 6.21. The van der Waals surface area contributed by atoms with Crippen LogP contribution in [0.2, 0.25) is 5.02 Å². The molecule has 0 amide bonds. The second-order valence-corrected chi connectivity index (χ2v) is 6.26. The van der Waals surface area contributed by atoms with Crippen LogP contribution in [0.1, 0.15) is 26.3 Å². The summed E-state index contributed by atoms with van der Waals surface area (Å²) in [5.74, 6) is 0. The van der Waals surface area contributed by atoms with Crippen molar-refractivity contribution >= 4 is 17.3 Å². The zero-order valence-electron chi connectivity index (χ0n) is 13.0. The average molecular weight is 296 g/mol. The largest absolute Gasteiger partial charge is 0.368 e. The zero-order valence-corrected chi connectivity index (χ0v) is 13.7. The fourth-order valence-electron chi connectivity index (χ4n) is 2.84. The van der Waals surface area contributed by atoms with Crippen molar-refractivity contribution in [2.75, 3.05) is 31.6 Å². The van der Waals surface area contributed by atoms with Crippen LogP contribution in [0.15, 0.2) is 18.2 Å². The van der Waals surface area contributed by atoms with Crippen LogP contribution in [0.3, 0.4) is 0 Å². The van der Waals surface area contributed by atoms with Crippen LogP contribution in [-0.4, -0.2) is 43.7 Å². The summed E-state index contributed by atoms with van der Waals surface area (Å²) in [4.78, 5) is 4.93. The number of nitrogens with zero attached hydrogens (tertiary/aromatic N) is 2. The van der Waals surface area contributed by atoms with E-state index in [0.717, 1.165) is 31.2 Å². The monoisotopic (exact) mass is 295 g/mol. The van der Waals surface area contributed by atoms with Gasteiger partial charge in [0.15, 0.2) is 0 Å². The quantitative estimate of drug-likeness (QED) is 0.921. The number of hydrogen-bond donors (Lipinski definition) is 1. The lowest BCUT2D eigenvalue weighted by atomic mass is 10.1. The first-order valence-electron chi connectivity index (χ1n) is 7.49. The molecule has 0 aliphatic carbocycles. The summed E-state index contributed by atoms with van der Waals surface area (Å²) in [6, 6.07) is 7.36. The number of benzene rings is 1. The topological polar surface area (TPSA) is 18.5 Å². The molecule has 2 atom stereocenters. The molecule has 1 aliphatic heterocycles. The van der Waals surface area contributed by atoms with Gasteiger partial charge in [0.25, 0.3) is 0 Å². The summed E-state index contributed by atoms with van der Waals surface area (Å²) >= 11 is 6.21. The smallest absolute Gasteiger partial charge is 0.0427 e. The molecule has 0 bridgehead atoms. The molecule has 1 aromatic rings. The maximum absolute atomic E-state index is 6.21. The Morgan fingerprint density at radius 3 is 2.50 bits per heavy atom. The Kier molecular flexibility index (Phi) is 5.30. The Balaban J connectivity index is 2.24. The predicted octanol–water partition coefficient (Wildman–Crippen LogP) is 2.98.